The van der Waals surface area contributed by atoms with Crippen molar-refractivity contribution in [2.75, 3.05) is 0 Å². The van der Waals surface area contributed by atoms with Crippen molar-refractivity contribution in [1.29, 1.82) is 0 Å². The number of benzene rings is 2. The molecule has 1 aliphatic carbocycles. The Morgan fingerprint density at radius 2 is 1.77 bits per heavy atom. The van der Waals surface area contributed by atoms with Crippen molar-refractivity contribution in [2.24, 2.45) is 0 Å². The van der Waals surface area contributed by atoms with Crippen LogP contribution in [0.4, 0.5) is 22.0 Å². The van der Waals surface area contributed by atoms with Gasteiger partial charge in [-0.1, -0.05) is 28.9 Å². The number of fused-ring (bicyclic) bond motifs is 1. The number of halogens is 6. The van der Waals surface area contributed by atoms with Crippen molar-refractivity contribution in [3.8, 4) is 11.1 Å². The van der Waals surface area contributed by atoms with Crippen LogP contribution in [0.2, 0.25) is 5.02 Å². The first-order valence-corrected chi connectivity index (χ1v) is 12.6. The molecule has 2 aromatic carbocycles. The molecule has 6 nitrogen and oxygen atoms in total. The first-order chi connectivity index (χ1) is 18.6. The molecule has 1 atom stereocenters. The van der Waals surface area contributed by atoms with Gasteiger partial charge >= 0.3 is 6.18 Å². The van der Waals surface area contributed by atoms with E-state index < -0.39 is 42.0 Å². The largest absolute Gasteiger partial charge is 0.435 e. The summed E-state index contributed by atoms with van der Waals surface area (Å²) in [5, 5.41) is 11.0. The summed E-state index contributed by atoms with van der Waals surface area (Å²) in [4.78, 5) is 13.2. The predicted molar refractivity (Wildman–Crippen MR) is 132 cm³/mol. The fraction of sp³-hybridized carbons (Fsp3) is 0.296. The number of carbonyl (C=O) groups is 1. The summed E-state index contributed by atoms with van der Waals surface area (Å²) in [6.07, 6.45) is -1.43. The molecule has 0 spiro atoms. The Bertz CT molecular complexity index is 1480. The summed E-state index contributed by atoms with van der Waals surface area (Å²) < 4.78 is 74.9. The topological polar surface area (TPSA) is 73.0 Å². The van der Waals surface area contributed by atoms with Gasteiger partial charge in [0.2, 0.25) is 5.91 Å². The number of carbonyl (C=O) groups excluding carboxylic acids is 1. The lowest BCUT2D eigenvalue weighted by molar-refractivity contribution is -0.142. The number of hydrogen-bond acceptors (Lipinski definition) is 4. The molecule has 2 heterocycles. The van der Waals surface area contributed by atoms with E-state index in [1.165, 1.54) is 6.26 Å². The van der Waals surface area contributed by atoms with Crippen molar-refractivity contribution >= 4 is 17.5 Å². The fourth-order valence-electron chi connectivity index (χ4n) is 4.93. The molecule has 5 rings (SSSR count). The lowest BCUT2D eigenvalue weighted by Crippen LogP contribution is -2.34. The zero-order valence-corrected chi connectivity index (χ0v) is 21.1. The first kappa shape index (κ1) is 26.9. The highest BCUT2D eigenvalue weighted by atomic mass is 35.5. The van der Waals surface area contributed by atoms with Crippen LogP contribution in [0.5, 0.6) is 0 Å². The molecule has 1 amide bonds. The molecule has 1 aliphatic rings. The first-order valence-electron chi connectivity index (χ1n) is 12.2. The second kappa shape index (κ2) is 10.8. The predicted octanol–water partition coefficient (Wildman–Crippen LogP) is 6.47. The minimum atomic E-state index is -4.64. The van der Waals surface area contributed by atoms with Crippen LogP contribution in [0.15, 0.2) is 53.3 Å². The molecule has 0 aliphatic heterocycles. The lowest BCUT2D eigenvalue weighted by atomic mass is 9.95. The van der Waals surface area contributed by atoms with Crippen LogP contribution in [0.1, 0.15) is 47.1 Å². The van der Waals surface area contributed by atoms with E-state index in [9.17, 15) is 26.7 Å². The highest BCUT2D eigenvalue weighted by Gasteiger charge is 2.39. The Kier molecular flexibility index (Phi) is 7.44. The molecule has 0 unspecified atom stereocenters. The average Bonchev–Trinajstić information content (AvgIpc) is 3.49. The maximum atomic E-state index is 13.9. The van der Waals surface area contributed by atoms with Crippen LogP contribution in [0, 0.1) is 11.6 Å². The molecule has 0 fully saturated rings. The van der Waals surface area contributed by atoms with E-state index in [0.717, 1.165) is 22.9 Å². The van der Waals surface area contributed by atoms with Crippen molar-refractivity contribution in [1.82, 2.24) is 20.3 Å². The molecule has 0 saturated heterocycles. The van der Waals surface area contributed by atoms with Gasteiger partial charge in [0.1, 0.15) is 30.1 Å². The number of alkyl halides is 3. The number of hydrogen-bond donors (Lipinski definition) is 1. The van der Waals surface area contributed by atoms with Gasteiger partial charge in [0.15, 0.2) is 5.69 Å². The summed E-state index contributed by atoms with van der Waals surface area (Å²) in [5.41, 5.74) is 1.21. The van der Waals surface area contributed by atoms with Gasteiger partial charge in [-0.2, -0.15) is 18.3 Å². The Hall–Kier alpha value is -3.73. The molecular weight excluding hydrogens is 543 g/mol. The third-order valence-electron chi connectivity index (χ3n) is 6.60. The van der Waals surface area contributed by atoms with E-state index >= 15 is 0 Å². The Morgan fingerprint density at radius 1 is 1.08 bits per heavy atom. The van der Waals surface area contributed by atoms with Crippen LogP contribution in [0.25, 0.3) is 11.1 Å². The molecule has 0 bridgehead atoms. The second-order valence-corrected chi connectivity index (χ2v) is 9.80. The summed E-state index contributed by atoms with van der Waals surface area (Å²) in [6.45, 7) is -0.472. The van der Waals surface area contributed by atoms with Gasteiger partial charge in [-0.15, -0.1) is 0 Å². The van der Waals surface area contributed by atoms with E-state index in [2.05, 4.69) is 15.6 Å². The van der Waals surface area contributed by atoms with Crippen molar-refractivity contribution in [3.05, 3.63) is 93.6 Å². The van der Waals surface area contributed by atoms with E-state index in [0.29, 0.717) is 41.1 Å². The van der Waals surface area contributed by atoms with Gasteiger partial charge in [-0.05, 0) is 67.5 Å². The van der Waals surface area contributed by atoms with Gasteiger partial charge in [0.05, 0.1) is 6.04 Å². The molecule has 4 aromatic rings. The van der Waals surface area contributed by atoms with Crippen LogP contribution in [-0.2, 0) is 36.8 Å². The van der Waals surface area contributed by atoms with E-state index in [1.807, 2.05) is 0 Å². The SMILES string of the molecule is O=C(Cn1nc(C(F)(F)F)c2c1CCCC2)N[C@@H](Cc1cc(F)cc(F)c1)c1nocc1-c1ccc(Cl)cc1. The fourth-order valence-corrected chi connectivity index (χ4v) is 5.05. The maximum Gasteiger partial charge on any atom is 0.435 e. The normalized spacial score (nSPS) is 14.2. The Balaban J connectivity index is 1.46. The van der Waals surface area contributed by atoms with Crippen LogP contribution >= 0.6 is 11.6 Å². The molecule has 39 heavy (non-hydrogen) atoms. The number of aromatic nitrogens is 3. The standard InChI is InChI=1S/C27H22ClF5N4O2/c28-17-7-5-16(6-8-17)21-14-39-36-25(21)22(11-15-9-18(29)12-19(30)10-15)34-24(38)13-37-23-4-2-1-3-20(23)26(35-37)27(31,32)33/h5-10,12,14,22H,1-4,11,13H2,(H,34,38)/t22-/m0/s1. The molecule has 0 saturated carbocycles. The third-order valence-corrected chi connectivity index (χ3v) is 6.85. The van der Waals surface area contributed by atoms with Crippen LogP contribution < -0.4 is 5.32 Å². The monoisotopic (exact) mass is 564 g/mol. The van der Waals surface area contributed by atoms with Crippen molar-refractivity contribution < 1.29 is 31.3 Å². The van der Waals surface area contributed by atoms with Crippen molar-refractivity contribution in [3.63, 3.8) is 0 Å². The number of amides is 1. The van der Waals surface area contributed by atoms with E-state index in [4.69, 9.17) is 16.1 Å². The minimum Gasteiger partial charge on any atom is -0.364 e. The summed E-state index contributed by atoms with van der Waals surface area (Å²) in [6, 6.07) is 8.79. The van der Waals surface area contributed by atoms with E-state index in [1.54, 1.807) is 24.3 Å². The van der Waals surface area contributed by atoms with Gasteiger partial charge in [0.25, 0.3) is 0 Å². The maximum absolute atomic E-state index is 13.9. The highest BCUT2D eigenvalue weighted by molar-refractivity contribution is 6.30. The molecule has 1 N–H and O–H groups in total. The minimum absolute atomic E-state index is 0.0709. The van der Waals surface area contributed by atoms with Crippen molar-refractivity contribution in [2.45, 2.75) is 50.9 Å². The summed E-state index contributed by atoms with van der Waals surface area (Å²) in [5.74, 6) is -2.24. The quantitative estimate of drug-likeness (QED) is 0.261. The Labute approximate surface area is 224 Å². The number of nitrogens with zero attached hydrogens (tertiary/aromatic N) is 3. The van der Waals surface area contributed by atoms with Gasteiger partial charge in [0, 0.05) is 27.9 Å². The zero-order chi connectivity index (χ0) is 27.7. The van der Waals surface area contributed by atoms with Gasteiger partial charge < -0.3 is 9.84 Å². The molecule has 2 aromatic heterocycles. The lowest BCUT2D eigenvalue weighted by Gasteiger charge is -2.19. The average molecular weight is 565 g/mol. The van der Waals surface area contributed by atoms with Crippen LogP contribution in [-0.4, -0.2) is 20.8 Å². The smallest absolute Gasteiger partial charge is 0.364 e. The van der Waals surface area contributed by atoms with E-state index in [-0.39, 0.29) is 29.7 Å². The Morgan fingerprint density at radius 3 is 2.46 bits per heavy atom. The second-order valence-electron chi connectivity index (χ2n) is 9.36. The molecule has 12 heteroatoms. The number of nitrogens with one attached hydrogen (secondary N) is 1. The highest BCUT2D eigenvalue weighted by Crippen LogP contribution is 2.36. The molecule has 204 valence electrons. The molecular formula is C27H22ClF5N4O2. The zero-order valence-electron chi connectivity index (χ0n) is 20.4. The summed E-state index contributed by atoms with van der Waals surface area (Å²) in [7, 11) is 0. The van der Waals surface area contributed by atoms with Gasteiger partial charge in [-0.25, -0.2) is 8.78 Å². The number of rotatable bonds is 7. The van der Waals surface area contributed by atoms with Gasteiger partial charge in [-0.3, -0.25) is 9.48 Å². The summed E-state index contributed by atoms with van der Waals surface area (Å²) >= 11 is 5.99. The molecule has 0 radical (unpaired) electrons. The third kappa shape index (κ3) is 5.98. The van der Waals surface area contributed by atoms with Crippen LogP contribution in [0.3, 0.4) is 0 Å².